The van der Waals surface area contributed by atoms with E-state index < -0.39 is 41.3 Å². The van der Waals surface area contributed by atoms with Crippen LogP contribution in [0.15, 0.2) is 29.2 Å². The molecule has 0 spiro atoms. The van der Waals surface area contributed by atoms with Gasteiger partial charge in [0.25, 0.3) is 10.1 Å². The third kappa shape index (κ3) is 3.00. The Kier molecular flexibility index (Phi) is 4.43. The molecule has 1 aromatic carbocycles. The lowest BCUT2D eigenvalue weighted by molar-refractivity contribution is -0.113. The van der Waals surface area contributed by atoms with Crippen molar-refractivity contribution in [2.45, 2.75) is 36.4 Å². The van der Waals surface area contributed by atoms with Crippen molar-refractivity contribution >= 4 is 10.1 Å². The van der Waals surface area contributed by atoms with Gasteiger partial charge in [-0.25, -0.2) is 4.18 Å². The van der Waals surface area contributed by atoms with E-state index in [1.54, 1.807) is 12.1 Å². The van der Waals surface area contributed by atoms with E-state index in [0.29, 0.717) is 0 Å². The summed E-state index contributed by atoms with van der Waals surface area (Å²) in [6.45, 7) is 1.26. The molecule has 20 heavy (non-hydrogen) atoms. The molecule has 1 aromatic rings. The van der Waals surface area contributed by atoms with Crippen LogP contribution in [0.2, 0.25) is 0 Å². The molecule has 0 unspecified atom stereocenters. The summed E-state index contributed by atoms with van der Waals surface area (Å²) in [5.74, 6) is 0. The zero-order chi connectivity index (χ0) is 14.9. The zero-order valence-corrected chi connectivity index (χ0v) is 11.5. The molecule has 7 nitrogen and oxygen atoms in total. The summed E-state index contributed by atoms with van der Waals surface area (Å²) >= 11 is 0. The SMILES string of the molecule is Cc1ccc(S(=O)(=O)O[C@@H]2O[C@H](CO)[C@@H](O)[C@H]2O)cc1. The monoisotopic (exact) mass is 304 g/mol. The minimum absolute atomic E-state index is 0.0826. The highest BCUT2D eigenvalue weighted by Crippen LogP contribution is 2.25. The molecule has 4 atom stereocenters. The van der Waals surface area contributed by atoms with E-state index in [4.69, 9.17) is 14.0 Å². The first kappa shape index (κ1) is 15.4. The maximum absolute atomic E-state index is 12.0. The van der Waals surface area contributed by atoms with E-state index in [1.165, 1.54) is 12.1 Å². The molecule has 1 aliphatic heterocycles. The summed E-state index contributed by atoms with van der Waals surface area (Å²) in [6.07, 6.45) is -5.58. The average Bonchev–Trinajstić information content (AvgIpc) is 2.66. The van der Waals surface area contributed by atoms with Crippen molar-refractivity contribution in [2.24, 2.45) is 0 Å². The van der Waals surface area contributed by atoms with Crippen LogP contribution in [0, 0.1) is 6.92 Å². The molecule has 112 valence electrons. The number of benzene rings is 1. The number of rotatable bonds is 4. The van der Waals surface area contributed by atoms with Gasteiger partial charge in [-0.3, -0.25) is 0 Å². The van der Waals surface area contributed by atoms with Crippen molar-refractivity contribution in [2.75, 3.05) is 6.61 Å². The lowest BCUT2D eigenvalue weighted by Crippen LogP contribution is -2.35. The smallest absolute Gasteiger partial charge is 0.299 e. The summed E-state index contributed by atoms with van der Waals surface area (Å²) in [4.78, 5) is -0.0826. The van der Waals surface area contributed by atoms with Gasteiger partial charge in [0.2, 0.25) is 6.29 Å². The molecule has 0 amide bonds. The maximum Gasteiger partial charge on any atom is 0.299 e. The Morgan fingerprint density at radius 1 is 1.20 bits per heavy atom. The Hall–Kier alpha value is -1.03. The first-order chi connectivity index (χ1) is 9.35. The first-order valence-corrected chi connectivity index (χ1v) is 7.38. The Morgan fingerprint density at radius 2 is 1.80 bits per heavy atom. The summed E-state index contributed by atoms with van der Waals surface area (Å²) in [5.41, 5.74) is 0.886. The fourth-order valence-corrected chi connectivity index (χ4v) is 2.82. The van der Waals surface area contributed by atoms with Crippen LogP contribution in [0.4, 0.5) is 0 Å². The molecule has 1 heterocycles. The van der Waals surface area contributed by atoms with Crippen LogP contribution in [0.5, 0.6) is 0 Å². The molecule has 0 saturated carbocycles. The normalized spacial score (nSPS) is 30.6. The van der Waals surface area contributed by atoms with E-state index in [9.17, 15) is 18.6 Å². The van der Waals surface area contributed by atoms with Crippen LogP contribution in [0.1, 0.15) is 5.56 Å². The predicted molar refractivity (Wildman–Crippen MR) is 67.2 cm³/mol. The summed E-state index contributed by atoms with van der Waals surface area (Å²) in [7, 11) is -4.13. The summed E-state index contributed by atoms with van der Waals surface area (Å²) in [5, 5.41) is 28.1. The predicted octanol–water partition coefficient (Wildman–Crippen LogP) is -0.861. The number of aryl methyl sites for hydroxylation is 1. The van der Waals surface area contributed by atoms with Gasteiger partial charge in [-0.05, 0) is 19.1 Å². The second-order valence-electron chi connectivity index (χ2n) is 4.57. The minimum Gasteiger partial charge on any atom is -0.394 e. The molecule has 3 N–H and O–H groups in total. The van der Waals surface area contributed by atoms with Gasteiger partial charge in [0.15, 0.2) is 0 Å². The molecule has 0 aliphatic carbocycles. The van der Waals surface area contributed by atoms with Crippen molar-refractivity contribution in [1.82, 2.24) is 0 Å². The van der Waals surface area contributed by atoms with Crippen molar-refractivity contribution in [3.05, 3.63) is 29.8 Å². The van der Waals surface area contributed by atoms with E-state index in [0.717, 1.165) is 5.56 Å². The van der Waals surface area contributed by atoms with Gasteiger partial charge >= 0.3 is 0 Å². The molecule has 2 rings (SSSR count). The van der Waals surface area contributed by atoms with Gasteiger partial charge < -0.3 is 20.1 Å². The van der Waals surface area contributed by atoms with E-state index in [2.05, 4.69) is 0 Å². The molecular weight excluding hydrogens is 288 g/mol. The van der Waals surface area contributed by atoms with Crippen LogP contribution in [0.25, 0.3) is 0 Å². The third-order valence-electron chi connectivity index (χ3n) is 3.03. The molecule has 1 saturated heterocycles. The van der Waals surface area contributed by atoms with Crippen LogP contribution >= 0.6 is 0 Å². The fraction of sp³-hybridized carbons (Fsp3) is 0.500. The molecule has 8 heteroatoms. The Bertz CT molecular complexity index is 554. The van der Waals surface area contributed by atoms with Gasteiger partial charge in [-0.1, -0.05) is 17.7 Å². The van der Waals surface area contributed by atoms with Crippen molar-refractivity contribution in [3.8, 4) is 0 Å². The summed E-state index contributed by atoms with van der Waals surface area (Å²) in [6, 6.07) is 5.94. The number of ether oxygens (including phenoxy) is 1. The average molecular weight is 304 g/mol. The van der Waals surface area contributed by atoms with Gasteiger partial charge in [-0.2, -0.15) is 8.42 Å². The van der Waals surface area contributed by atoms with Gasteiger partial charge in [-0.15, -0.1) is 0 Å². The molecule has 1 fully saturated rings. The Labute approximate surface area is 116 Å². The Morgan fingerprint density at radius 3 is 2.30 bits per heavy atom. The van der Waals surface area contributed by atoms with E-state index in [1.807, 2.05) is 6.92 Å². The number of aliphatic hydroxyl groups is 3. The van der Waals surface area contributed by atoms with Crippen molar-refractivity contribution < 1.29 is 32.7 Å². The van der Waals surface area contributed by atoms with Crippen LogP contribution in [0.3, 0.4) is 0 Å². The number of hydrogen-bond donors (Lipinski definition) is 3. The molecule has 0 aromatic heterocycles. The second-order valence-corrected chi connectivity index (χ2v) is 6.14. The van der Waals surface area contributed by atoms with Crippen LogP contribution < -0.4 is 0 Å². The van der Waals surface area contributed by atoms with Gasteiger partial charge in [0.1, 0.15) is 18.3 Å². The van der Waals surface area contributed by atoms with Gasteiger partial charge in [0, 0.05) is 0 Å². The van der Waals surface area contributed by atoms with Crippen LogP contribution in [-0.2, 0) is 19.0 Å². The third-order valence-corrected chi connectivity index (χ3v) is 4.32. The number of aliphatic hydroxyl groups excluding tert-OH is 3. The lowest BCUT2D eigenvalue weighted by atomic mass is 10.1. The second kappa shape index (κ2) is 5.76. The topological polar surface area (TPSA) is 113 Å². The van der Waals surface area contributed by atoms with E-state index in [-0.39, 0.29) is 4.90 Å². The highest BCUT2D eigenvalue weighted by atomic mass is 32.2. The van der Waals surface area contributed by atoms with Crippen molar-refractivity contribution in [1.29, 1.82) is 0 Å². The van der Waals surface area contributed by atoms with Crippen molar-refractivity contribution in [3.63, 3.8) is 0 Å². The van der Waals surface area contributed by atoms with E-state index >= 15 is 0 Å². The summed E-state index contributed by atoms with van der Waals surface area (Å²) < 4.78 is 33.7. The molecule has 1 aliphatic rings. The highest BCUT2D eigenvalue weighted by molar-refractivity contribution is 7.86. The minimum atomic E-state index is -4.13. The Balaban J connectivity index is 2.15. The number of hydrogen-bond acceptors (Lipinski definition) is 7. The van der Waals surface area contributed by atoms with Crippen LogP contribution in [-0.4, -0.2) is 54.9 Å². The van der Waals surface area contributed by atoms with Gasteiger partial charge in [0.05, 0.1) is 11.5 Å². The maximum atomic E-state index is 12.0. The largest absolute Gasteiger partial charge is 0.394 e. The quantitative estimate of drug-likeness (QED) is 0.620. The first-order valence-electron chi connectivity index (χ1n) is 5.97. The molecule has 0 bridgehead atoms. The fourth-order valence-electron chi connectivity index (χ4n) is 1.83. The standard InChI is InChI=1S/C12H16O7S/c1-7-2-4-8(5-3-7)20(16,17)19-12-11(15)10(14)9(6-13)18-12/h2-5,9-15H,6H2,1H3/t9-,10-,11-,12+/m1/s1. The molecular formula is C12H16O7S. The highest BCUT2D eigenvalue weighted by Gasteiger charge is 2.45. The lowest BCUT2D eigenvalue weighted by Gasteiger charge is -2.15. The molecule has 0 radical (unpaired) electrons. The zero-order valence-electron chi connectivity index (χ0n) is 10.7.